The van der Waals surface area contributed by atoms with Crippen molar-refractivity contribution in [1.29, 1.82) is 0 Å². The third-order valence-corrected chi connectivity index (χ3v) is 4.70. The van der Waals surface area contributed by atoms with Gasteiger partial charge < -0.3 is 5.84 Å². The van der Waals surface area contributed by atoms with Crippen LogP contribution in [0.25, 0.3) is 0 Å². The average molecular weight is 295 g/mol. The molecule has 0 bridgehead atoms. The number of nitrogens with two attached hydrogens (primary N) is 1. The molecular weight excluding hydrogens is 280 g/mol. The molecule has 0 saturated heterocycles. The molecule has 1 heterocycles. The molecule has 0 spiro atoms. The molecule has 1 aliphatic carbocycles. The van der Waals surface area contributed by atoms with Crippen molar-refractivity contribution in [3.8, 4) is 0 Å². The summed E-state index contributed by atoms with van der Waals surface area (Å²) in [7, 11) is 0. The predicted molar refractivity (Wildman–Crippen MR) is 77.9 cm³/mol. The highest BCUT2D eigenvalue weighted by Gasteiger charge is 2.30. The molecule has 1 atom stereocenters. The van der Waals surface area contributed by atoms with Crippen LogP contribution in [0, 0.1) is 0 Å². The lowest BCUT2D eigenvalue weighted by atomic mass is 10.2. The Morgan fingerprint density at radius 3 is 2.79 bits per heavy atom. The summed E-state index contributed by atoms with van der Waals surface area (Å²) in [5, 5.41) is 10.1. The maximum absolute atomic E-state index is 6.20. The standard InChI is InChI=1S/C13H15ClN4S/c1-8(10-4-2-3-5-11(10)14)19-13-17-16-12(18(13)15)9-6-7-9/h2-5,8-9H,6-7,15H2,1H3. The summed E-state index contributed by atoms with van der Waals surface area (Å²) in [6, 6.07) is 7.84. The van der Waals surface area contributed by atoms with Gasteiger partial charge >= 0.3 is 0 Å². The van der Waals surface area contributed by atoms with E-state index in [1.807, 2.05) is 24.3 Å². The Morgan fingerprint density at radius 2 is 2.11 bits per heavy atom. The number of aromatic nitrogens is 3. The van der Waals surface area contributed by atoms with Crippen molar-refractivity contribution in [3.05, 3.63) is 40.7 Å². The zero-order valence-corrected chi connectivity index (χ0v) is 12.2. The molecule has 1 unspecified atom stereocenters. The molecule has 3 rings (SSSR count). The van der Waals surface area contributed by atoms with Crippen molar-refractivity contribution in [2.45, 2.75) is 36.1 Å². The molecule has 0 radical (unpaired) electrons. The minimum atomic E-state index is 0.187. The van der Waals surface area contributed by atoms with Crippen LogP contribution < -0.4 is 5.84 Å². The summed E-state index contributed by atoms with van der Waals surface area (Å²) < 4.78 is 1.62. The minimum absolute atomic E-state index is 0.187. The van der Waals surface area contributed by atoms with E-state index in [9.17, 15) is 0 Å². The van der Waals surface area contributed by atoms with E-state index in [1.165, 1.54) is 12.8 Å². The molecule has 1 aliphatic rings. The molecule has 0 amide bonds. The first-order valence-corrected chi connectivity index (χ1v) is 7.54. The van der Waals surface area contributed by atoms with Gasteiger partial charge in [0.05, 0.1) is 0 Å². The van der Waals surface area contributed by atoms with Crippen LogP contribution in [0.3, 0.4) is 0 Å². The van der Waals surface area contributed by atoms with Gasteiger partial charge in [0, 0.05) is 16.2 Å². The van der Waals surface area contributed by atoms with Gasteiger partial charge in [-0.1, -0.05) is 41.6 Å². The number of hydrogen-bond acceptors (Lipinski definition) is 4. The van der Waals surface area contributed by atoms with E-state index in [-0.39, 0.29) is 5.25 Å². The summed E-state index contributed by atoms with van der Waals surface area (Å²) >= 11 is 7.79. The molecule has 100 valence electrons. The van der Waals surface area contributed by atoms with Crippen molar-refractivity contribution in [2.75, 3.05) is 5.84 Å². The molecule has 0 aliphatic heterocycles. The number of rotatable bonds is 4. The van der Waals surface area contributed by atoms with Gasteiger partial charge in [-0.05, 0) is 31.4 Å². The Balaban J connectivity index is 1.79. The third-order valence-electron chi connectivity index (χ3n) is 3.26. The Hall–Kier alpha value is -1.20. The van der Waals surface area contributed by atoms with Gasteiger partial charge in [0.15, 0.2) is 5.82 Å². The summed E-state index contributed by atoms with van der Waals surface area (Å²) in [6.07, 6.45) is 2.33. The fourth-order valence-corrected chi connectivity index (χ4v) is 3.32. The van der Waals surface area contributed by atoms with Gasteiger partial charge in [-0.2, -0.15) is 0 Å². The zero-order valence-electron chi connectivity index (χ0n) is 10.6. The Kier molecular flexibility index (Phi) is 3.41. The topological polar surface area (TPSA) is 56.7 Å². The van der Waals surface area contributed by atoms with E-state index in [1.54, 1.807) is 16.4 Å². The van der Waals surface area contributed by atoms with Gasteiger partial charge in [0.1, 0.15) is 0 Å². The van der Waals surface area contributed by atoms with Crippen molar-refractivity contribution in [2.24, 2.45) is 0 Å². The molecule has 19 heavy (non-hydrogen) atoms. The van der Waals surface area contributed by atoms with Crippen LogP contribution in [0.1, 0.15) is 42.3 Å². The fourth-order valence-electron chi connectivity index (χ4n) is 2.01. The molecule has 2 aromatic rings. The van der Waals surface area contributed by atoms with Crippen molar-refractivity contribution in [1.82, 2.24) is 14.9 Å². The first-order chi connectivity index (χ1) is 9.16. The summed E-state index contributed by atoms with van der Waals surface area (Å²) in [5.74, 6) is 7.45. The number of thioether (sulfide) groups is 1. The molecule has 4 nitrogen and oxygen atoms in total. The SMILES string of the molecule is CC(Sc1nnc(C2CC2)n1N)c1ccccc1Cl. The van der Waals surface area contributed by atoms with E-state index in [2.05, 4.69) is 17.1 Å². The quantitative estimate of drug-likeness (QED) is 0.694. The molecule has 1 fully saturated rings. The normalized spacial score (nSPS) is 16.5. The van der Waals surface area contributed by atoms with Crippen LogP contribution in [0.5, 0.6) is 0 Å². The van der Waals surface area contributed by atoms with E-state index in [4.69, 9.17) is 17.4 Å². The van der Waals surface area contributed by atoms with Crippen LogP contribution in [-0.2, 0) is 0 Å². The average Bonchev–Trinajstić information content (AvgIpc) is 3.17. The second-order valence-corrected chi connectivity index (χ2v) is 6.48. The molecule has 1 saturated carbocycles. The highest BCUT2D eigenvalue weighted by molar-refractivity contribution is 7.99. The maximum Gasteiger partial charge on any atom is 0.210 e. The number of nitrogens with zero attached hydrogens (tertiary/aromatic N) is 3. The van der Waals surface area contributed by atoms with Crippen molar-refractivity contribution < 1.29 is 0 Å². The molecule has 1 aromatic carbocycles. The number of hydrogen-bond donors (Lipinski definition) is 1. The van der Waals surface area contributed by atoms with Gasteiger partial charge in [-0.15, -0.1) is 10.2 Å². The van der Waals surface area contributed by atoms with E-state index >= 15 is 0 Å². The van der Waals surface area contributed by atoms with Crippen LogP contribution in [0.15, 0.2) is 29.4 Å². The van der Waals surface area contributed by atoms with Gasteiger partial charge in [0.2, 0.25) is 5.16 Å². The second-order valence-electron chi connectivity index (χ2n) is 4.77. The number of halogens is 1. The van der Waals surface area contributed by atoms with E-state index in [0.717, 1.165) is 21.6 Å². The predicted octanol–water partition coefficient (Wildman–Crippen LogP) is 3.38. The number of nitrogen functional groups attached to an aromatic ring is 1. The zero-order chi connectivity index (χ0) is 13.4. The maximum atomic E-state index is 6.20. The van der Waals surface area contributed by atoms with Crippen LogP contribution in [0.2, 0.25) is 5.02 Å². The summed E-state index contributed by atoms with van der Waals surface area (Å²) in [4.78, 5) is 0. The Morgan fingerprint density at radius 1 is 1.37 bits per heavy atom. The molecule has 1 aromatic heterocycles. The van der Waals surface area contributed by atoms with Crippen LogP contribution in [0.4, 0.5) is 0 Å². The first-order valence-electron chi connectivity index (χ1n) is 6.28. The summed E-state index contributed by atoms with van der Waals surface area (Å²) in [6.45, 7) is 2.09. The number of benzene rings is 1. The fraction of sp³-hybridized carbons (Fsp3) is 0.385. The molecule has 6 heteroatoms. The second kappa shape index (κ2) is 5.06. The minimum Gasteiger partial charge on any atom is -0.336 e. The molecular formula is C13H15ClN4S. The van der Waals surface area contributed by atoms with Crippen molar-refractivity contribution >= 4 is 23.4 Å². The van der Waals surface area contributed by atoms with Gasteiger partial charge in [0.25, 0.3) is 0 Å². The van der Waals surface area contributed by atoms with Gasteiger partial charge in [-0.25, -0.2) is 4.68 Å². The van der Waals surface area contributed by atoms with E-state index < -0.39 is 0 Å². The Labute approximate surface area is 121 Å². The molecule has 2 N–H and O–H groups in total. The lowest BCUT2D eigenvalue weighted by molar-refractivity contribution is 0.787. The summed E-state index contributed by atoms with van der Waals surface area (Å²) in [5.41, 5.74) is 1.09. The van der Waals surface area contributed by atoms with Gasteiger partial charge in [-0.3, -0.25) is 0 Å². The lowest BCUT2D eigenvalue weighted by Crippen LogP contribution is -2.13. The van der Waals surface area contributed by atoms with E-state index in [0.29, 0.717) is 5.92 Å². The smallest absolute Gasteiger partial charge is 0.210 e. The monoisotopic (exact) mass is 294 g/mol. The largest absolute Gasteiger partial charge is 0.336 e. The highest BCUT2D eigenvalue weighted by Crippen LogP contribution is 2.41. The Bertz CT molecular complexity index is 594. The van der Waals surface area contributed by atoms with Crippen LogP contribution in [-0.4, -0.2) is 14.9 Å². The van der Waals surface area contributed by atoms with Crippen LogP contribution >= 0.6 is 23.4 Å². The lowest BCUT2D eigenvalue weighted by Gasteiger charge is -2.12. The highest BCUT2D eigenvalue weighted by atomic mass is 35.5. The van der Waals surface area contributed by atoms with Crippen molar-refractivity contribution in [3.63, 3.8) is 0 Å². The third kappa shape index (κ3) is 2.58. The first kappa shape index (κ1) is 12.8.